The van der Waals surface area contributed by atoms with Crippen LogP contribution in [0.25, 0.3) is 11.0 Å². The maximum atomic E-state index is 12.0. The molecule has 1 aliphatic rings. The molecule has 0 bridgehead atoms. The number of likely N-dealkylation sites (tertiary alicyclic amines) is 1. The van der Waals surface area contributed by atoms with Gasteiger partial charge in [-0.2, -0.15) is 4.99 Å². The molecule has 2 heterocycles. The normalized spacial score (nSPS) is 18.2. The molecule has 0 aliphatic carbocycles. The zero-order valence-electron chi connectivity index (χ0n) is 13.8. The van der Waals surface area contributed by atoms with Gasteiger partial charge in [-0.1, -0.05) is 25.1 Å². The molecule has 2 aromatic rings. The largest absolute Gasteiger partial charge is 0.467 e. The number of esters is 1. The van der Waals surface area contributed by atoms with E-state index in [-0.39, 0.29) is 12.0 Å². The van der Waals surface area contributed by atoms with Crippen molar-refractivity contribution in [3.8, 4) is 0 Å². The van der Waals surface area contributed by atoms with Crippen LogP contribution in [0.4, 0.5) is 5.88 Å². The summed E-state index contributed by atoms with van der Waals surface area (Å²) in [7, 11) is 1.39. The Kier molecular flexibility index (Phi) is 4.64. The van der Waals surface area contributed by atoms with Gasteiger partial charge in [-0.25, -0.2) is 4.79 Å². The predicted octanol–water partition coefficient (Wildman–Crippen LogP) is 3.32. The molecule has 0 amide bonds. The number of carbonyl (C=O) groups is 2. The molecule has 1 aliphatic heterocycles. The Bertz CT molecular complexity index is 793. The highest BCUT2D eigenvalue weighted by Gasteiger charge is 2.33. The van der Waals surface area contributed by atoms with Crippen LogP contribution in [-0.4, -0.2) is 42.7 Å². The van der Waals surface area contributed by atoms with E-state index >= 15 is 0 Å². The SMILES string of the molecule is CC/C(=N/c1oc2ccccc2c1C=O)N1CCC[C@@H]1C(=O)OC. The molecule has 0 spiro atoms. The highest BCUT2D eigenvalue weighted by molar-refractivity contribution is 6.02. The van der Waals surface area contributed by atoms with Gasteiger partial charge in [-0.05, 0) is 18.9 Å². The Morgan fingerprint density at radius 2 is 2.25 bits per heavy atom. The van der Waals surface area contributed by atoms with Gasteiger partial charge in [0.25, 0.3) is 0 Å². The first-order valence-corrected chi connectivity index (χ1v) is 8.08. The van der Waals surface area contributed by atoms with Gasteiger partial charge in [0.1, 0.15) is 17.5 Å². The quantitative estimate of drug-likeness (QED) is 0.372. The van der Waals surface area contributed by atoms with Crippen LogP contribution in [0.5, 0.6) is 0 Å². The van der Waals surface area contributed by atoms with Crippen molar-refractivity contribution in [1.82, 2.24) is 4.90 Å². The number of aldehydes is 1. The Balaban J connectivity index is 2.02. The molecule has 1 atom stereocenters. The Labute approximate surface area is 140 Å². The van der Waals surface area contributed by atoms with E-state index in [9.17, 15) is 9.59 Å². The first-order valence-electron chi connectivity index (χ1n) is 8.08. The van der Waals surface area contributed by atoms with Gasteiger partial charge >= 0.3 is 5.97 Å². The van der Waals surface area contributed by atoms with Crippen LogP contribution in [0.15, 0.2) is 33.7 Å². The van der Waals surface area contributed by atoms with E-state index in [1.165, 1.54) is 7.11 Å². The molecular formula is C18H20N2O4. The number of amidine groups is 1. The minimum absolute atomic E-state index is 0.256. The number of aliphatic imine (C=N–C) groups is 1. The topological polar surface area (TPSA) is 72.1 Å². The highest BCUT2D eigenvalue weighted by Crippen LogP contribution is 2.32. The number of benzene rings is 1. The smallest absolute Gasteiger partial charge is 0.328 e. The molecular weight excluding hydrogens is 308 g/mol. The van der Waals surface area contributed by atoms with E-state index in [1.54, 1.807) is 6.07 Å². The van der Waals surface area contributed by atoms with Crippen LogP contribution < -0.4 is 0 Å². The number of carbonyl (C=O) groups excluding carboxylic acids is 2. The summed E-state index contributed by atoms with van der Waals surface area (Å²) in [6.07, 6.45) is 3.04. The molecule has 1 fully saturated rings. The zero-order chi connectivity index (χ0) is 17.1. The predicted molar refractivity (Wildman–Crippen MR) is 90.7 cm³/mol. The number of furan rings is 1. The van der Waals surface area contributed by atoms with Crippen molar-refractivity contribution in [1.29, 1.82) is 0 Å². The maximum Gasteiger partial charge on any atom is 0.328 e. The van der Waals surface area contributed by atoms with Gasteiger partial charge in [-0.3, -0.25) is 4.79 Å². The summed E-state index contributed by atoms with van der Waals surface area (Å²) in [5.74, 6) is 0.762. The fraction of sp³-hybridized carbons (Fsp3) is 0.389. The second-order valence-electron chi connectivity index (χ2n) is 5.69. The first kappa shape index (κ1) is 16.2. The van der Waals surface area contributed by atoms with Crippen LogP contribution in [-0.2, 0) is 9.53 Å². The summed E-state index contributed by atoms with van der Waals surface area (Å²) >= 11 is 0. The summed E-state index contributed by atoms with van der Waals surface area (Å²) in [6, 6.07) is 7.02. The van der Waals surface area contributed by atoms with Gasteiger partial charge in [0.15, 0.2) is 6.29 Å². The van der Waals surface area contributed by atoms with Crippen molar-refractivity contribution in [2.24, 2.45) is 4.99 Å². The lowest BCUT2D eigenvalue weighted by atomic mass is 10.2. The third kappa shape index (κ3) is 2.79. The number of rotatable bonds is 4. The molecule has 0 saturated carbocycles. The minimum Gasteiger partial charge on any atom is -0.467 e. The fourth-order valence-electron chi connectivity index (χ4n) is 3.17. The standard InChI is InChI=1S/C18H20N2O4/c1-3-16(20-10-6-8-14(20)18(22)23-2)19-17-13(11-21)12-7-4-5-9-15(12)24-17/h4-5,7,9,11,14H,3,6,8,10H2,1-2H3/b19-16-/t14-/m1/s1. The van der Waals surface area contributed by atoms with Crippen LogP contribution in [0.3, 0.4) is 0 Å². The fourth-order valence-corrected chi connectivity index (χ4v) is 3.17. The van der Waals surface area contributed by atoms with Crippen molar-refractivity contribution in [3.63, 3.8) is 0 Å². The average Bonchev–Trinajstić information content (AvgIpc) is 3.22. The van der Waals surface area contributed by atoms with Crippen LogP contribution in [0.1, 0.15) is 36.5 Å². The molecule has 1 aromatic carbocycles. The lowest BCUT2D eigenvalue weighted by molar-refractivity contribution is -0.144. The molecule has 126 valence electrons. The Morgan fingerprint density at radius 1 is 1.46 bits per heavy atom. The Hall–Kier alpha value is -2.63. The molecule has 1 saturated heterocycles. The maximum absolute atomic E-state index is 12.0. The van der Waals surface area contributed by atoms with E-state index < -0.39 is 0 Å². The highest BCUT2D eigenvalue weighted by atomic mass is 16.5. The number of para-hydroxylation sites is 1. The molecule has 1 aromatic heterocycles. The van der Waals surface area contributed by atoms with E-state index in [1.807, 2.05) is 30.0 Å². The van der Waals surface area contributed by atoms with Crippen molar-refractivity contribution in [2.75, 3.05) is 13.7 Å². The number of fused-ring (bicyclic) bond motifs is 1. The molecule has 3 rings (SSSR count). The molecule has 6 heteroatoms. The third-order valence-electron chi connectivity index (χ3n) is 4.34. The lowest BCUT2D eigenvalue weighted by Gasteiger charge is -2.25. The number of hydrogen-bond donors (Lipinski definition) is 0. The third-order valence-corrected chi connectivity index (χ3v) is 4.34. The van der Waals surface area contributed by atoms with Crippen molar-refractivity contribution in [3.05, 3.63) is 29.8 Å². The van der Waals surface area contributed by atoms with Gasteiger partial charge in [0.05, 0.1) is 12.7 Å². The Morgan fingerprint density at radius 3 is 2.96 bits per heavy atom. The van der Waals surface area contributed by atoms with Crippen molar-refractivity contribution in [2.45, 2.75) is 32.2 Å². The van der Waals surface area contributed by atoms with Gasteiger partial charge in [-0.15, -0.1) is 0 Å². The van der Waals surface area contributed by atoms with Crippen LogP contribution in [0, 0.1) is 0 Å². The molecule has 0 unspecified atom stereocenters. The second kappa shape index (κ2) is 6.86. The summed E-state index contributed by atoms with van der Waals surface area (Å²) in [4.78, 5) is 30.0. The summed E-state index contributed by atoms with van der Waals surface area (Å²) in [5.41, 5.74) is 1.06. The monoisotopic (exact) mass is 328 g/mol. The minimum atomic E-state index is -0.322. The number of nitrogens with zero attached hydrogens (tertiary/aromatic N) is 2. The van der Waals surface area contributed by atoms with E-state index in [4.69, 9.17) is 9.15 Å². The molecule has 0 N–H and O–H groups in total. The summed E-state index contributed by atoms with van der Waals surface area (Å²) in [5, 5.41) is 0.743. The summed E-state index contributed by atoms with van der Waals surface area (Å²) in [6.45, 7) is 2.71. The number of methoxy groups -OCH3 is 1. The summed E-state index contributed by atoms with van der Waals surface area (Å²) < 4.78 is 10.6. The lowest BCUT2D eigenvalue weighted by Crippen LogP contribution is -2.40. The first-order chi connectivity index (χ1) is 11.7. The van der Waals surface area contributed by atoms with Crippen LogP contribution >= 0.6 is 0 Å². The van der Waals surface area contributed by atoms with Gasteiger partial charge in [0, 0.05) is 18.4 Å². The molecule has 0 radical (unpaired) electrons. The van der Waals surface area contributed by atoms with E-state index in [0.29, 0.717) is 23.5 Å². The van der Waals surface area contributed by atoms with Gasteiger partial charge in [0.2, 0.25) is 5.88 Å². The zero-order valence-corrected chi connectivity index (χ0v) is 13.8. The number of hydrogen-bond acceptors (Lipinski definition) is 5. The average molecular weight is 328 g/mol. The van der Waals surface area contributed by atoms with Crippen molar-refractivity contribution < 1.29 is 18.7 Å². The molecule has 24 heavy (non-hydrogen) atoms. The van der Waals surface area contributed by atoms with Crippen molar-refractivity contribution >= 4 is 34.9 Å². The van der Waals surface area contributed by atoms with E-state index in [2.05, 4.69) is 4.99 Å². The van der Waals surface area contributed by atoms with Crippen LogP contribution in [0.2, 0.25) is 0 Å². The van der Waals surface area contributed by atoms with E-state index in [0.717, 1.165) is 36.9 Å². The number of ether oxygens (including phenoxy) is 1. The second-order valence-corrected chi connectivity index (χ2v) is 5.69. The van der Waals surface area contributed by atoms with Gasteiger partial charge < -0.3 is 14.1 Å². The molecule has 6 nitrogen and oxygen atoms in total.